The SMILES string of the molecule is C[C@@H]1CO[C@@H](C)CN1C(=O)NCCNC(=O)c1c(F)cccc1F. The summed E-state index contributed by atoms with van der Waals surface area (Å²) in [4.78, 5) is 25.6. The summed E-state index contributed by atoms with van der Waals surface area (Å²) in [7, 11) is 0. The van der Waals surface area contributed by atoms with Crippen LogP contribution in [-0.2, 0) is 4.74 Å². The van der Waals surface area contributed by atoms with Crippen LogP contribution in [0.5, 0.6) is 0 Å². The Kier molecular flexibility index (Phi) is 6.08. The number of carbonyl (C=O) groups is 2. The number of carbonyl (C=O) groups excluding carboxylic acids is 2. The molecule has 0 radical (unpaired) electrons. The van der Waals surface area contributed by atoms with Gasteiger partial charge in [0.05, 0.1) is 18.8 Å². The molecule has 1 aliphatic rings. The molecular formula is C16H21F2N3O3. The third kappa shape index (κ3) is 4.41. The molecule has 8 heteroatoms. The first kappa shape index (κ1) is 18.1. The van der Waals surface area contributed by atoms with E-state index in [0.29, 0.717) is 13.2 Å². The Balaban J connectivity index is 1.78. The van der Waals surface area contributed by atoms with Crippen molar-refractivity contribution in [1.29, 1.82) is 0 Å². The molecule has 0 aliphatic carbocycles. The predicted octanol–water partition coefficient (Wildman–Crippen LogP) is 1.51. The molecule has 0 unspecified atom stereocenters. The standard InChI is InChI=1S/C16H21F2N3O3/c1-10-9-24-11(2)8-21(10)16(23)20-7-6-19-15(22)14-12(17)4-3-5-13(14)18/h3-5,10-11H,6-9H2,1-2H3,(H,19,22)(H,20,23)/t10-,11+/m1/s1. The number of amides is 3. The van der Waals surface area contributed by atoms with Gasteiger partial charge in [-0.15, -0.1) is 0 Å². The molecule has 0 bridgehead atoms. The van der Waals surface area contributed by atoms with Crippen molar-refractivity contribution >= 4 is 11.9 Å². The summed E-state index contributed by atoms with van der Waals surface area (Å²) < 4.78 is 32.4. The number of benzene rings is 1. The maximum atomic E-state index is 13.5. The number of halogens is 2. The summed E-state index contributed by atoms with van der Waals surface area (Å²) in [5.74, 6) is -2.70. The molecule has 0 aromatic heterocycles. The number of ether oxygens (including phenoxy) is 1. The Labute approximate surface area is 139 Å². The second-order valence-corrected chi connectivity index (χ2v) is 5.73. The Hall–Kier alpha value is -2.22. The van der Waals surface area contributed by atoms with Crippen LogP contribution in [0.25, 0.3) is 0 Å². The van der Waals surface area contributed by atoms with E-state index in [1.165, 1.54) is 6.07 Å². The molecule has 1 aromatic carbocycles. The Morgan fingerprint density at radius 3 is 2.50 bits per heavy atom. The zero-order chi connectivity index (χ0) is 17.7. The quantitative estimate of drug-likeness (QED) is 0.816. The van der Waals surface area contributed by atoms with Gasteiger partial charge in [0.2, 0.25) is 0 Å². The van der Waals surface area contributed by atoms with Crippen molar-refractivity contribution in [3.05, 3.63) is 35.4 Å². The Bertz CT molecular complexity index is 592. The van der Waals surface area contributed by atoms with Crippen molar-refractivity contribution in [2.75, 3.05) is 26.2 Å². The van der Waals surface area contributed by atoms with Crippen LogP contribution < -0.4 is 10.6 Å². The molecule has 2 rings (SSSR count). The first-order chi connectivity index (χ1) is 11.4. The highest BCUT2D eigenvalue weighted by atomic mass is 19.1. The summed E-state index contributed by atoms with van der Waals surface area (Å²) in [6.45, 7) is 4.94. The minimum absolute atomic E-state index is 0.0318. The third-order valence-electron chi connectivity index (χ3n) is 3.75. The molecule has 1 aliphatic heterocycles. The third-order valence-corrected chi connectivity index (χ3v) is 3.75. The monoisotopic (exact) mass is 341 g/mol. The molecule has 2 atom stereocenters. The number of hydrogen-bond acceptors (Lipinski definition) is 3. The number of rotatable bonds is 4. The van der Waals surface area contributed by atoms with Gasteiger partial charge in [-0.2, -0.15) is 0 Å². The number of morpholine rings is 1. The summed E-state index contributed by atoms with van der Waals surface area (Å²) in [6, 6.07) is 2.92. The highest BCUT2D eigenvalue weighted by Crippen LogP contribution is 2.12. The van der Waals surface area contributed by atoms with Gasteiger partial charge in [0.25, 0.3) is 5.91 Å². The summed E-state index contributed by atoms with van der Waals surface area (Å²) in [6.07, 6.45) is -0.0318. The molecular weight excluding hydrogens is 320 g/mol. The zero-order valence-corrected chi connectivity index (χ0v) is 13.6. The maximum Gasteiger partial charge on any atom is 0.317 e. The second kappa shape index (κ2) is 8.05. The molecule has 1 heterocycles. The Morgan fingerprint density at radius 1 is 1.21 bits per heavy atom. The van der Waals surface area contributed by atoms with Crippen molar-refractivity contribution in [1.82, 2.24) is 15.5 Å². The lowest BCUT2D eigenvalue weighted by atomic mass is 10.2. The molecule has 132 valence electrons. The molecule has 6 nitrogen and oxygen atoms in total. The highest BCUT2D eigenvalue weighted by molar-refractivity contribution is 5.94. The van der Waals surface area contributed by atoms with E-state index >= 15 is 0 Å². The second-order valence-electron chi connectivity index (χ2n) is 5.73. The number of urea groups is 1. The van der Waals surface area contributed by atoms with Gasteiger partial charge in [-0.3, -0.25) is 4.79 Å². The van der Waals surface area contributed by atoms with Crippen LogP contribution in [-0.4, -0.2) is 55.2 Å². The van der Waals surface area contributed by atoms with Gasteiger partial charge in [0, 0.05) is 19.6 Å². The van der Waals surface area contributed by atoms with Gasteiger partial charge >= 0.3 is 6.03 Å². The first-order valence-corrected chi connectivity index (χ1v) is 7.78. The summed E-state index contributed by atoms with van der Waals surface area (Å²) >= 11 is 0. The Morgan fingerprint density at radius 2 is 1.83 bits per heavy atom. The minimum atomic E-state index is -0.923. The molecule has 1 aromatic rings. The minimum Gasteiger partial charge on any atom is -0.375 e. The van der Waals surface area contributed by atoms with Crippen LogP contribution >= 0.6 is 0 Å². The van der Waals surface area contributed by atoms with E-state index in [9.17, 15) is 18.4 Å². The van der Waals surface area contributed by atoms with Crippen LogP contribution in [0.1, 0.15) is 24.2 Å². The lowest BCUT2D eigenvalue weighted by Crippen LogP contribution is -2.54. The van der Waals surface area contributed by atoms with Crippen LogP contribution in [0.15, 0.2) is 18.2 Å². The predicted molar refractivity (Wildman–Crippen MR) is 83.7 cm³/mol. The van der Waals surface area contributed by atoms with E-state index in [-0.39, 0.29) is 31.3 Å². The molecule has 3 amide bonds. The van der Waals surface area contributed by atoms with Crippen LogP contribution in [0.4, 0.5) is 13.6 Å². The fourth-order valence-corrected chi connectivity index (χ4v) is 2.44. The van der Waals surface area contributed by atoms with E-state index in [0.717, 1.165) is 12.1 Å². The number of hydrogen-bond donors (Lipinski definition) is 2. The summed E-state index contributed by atoms with van der Waals surface area (Å²) in [5, 5.41) is 5.05. The topological polar surface area (TPSA) is 70.7 Å². The van der Waals surface area contributed by atoms with Crippen molar-refractivity contribution in [3.63, 3.8) is 0 Å². The molecule has 0 spiro atoms. The van der Waals surface area contributed by atoms with Crippen molar-refractivity contribution in [2.45, 2.75) is 26.0 Å². The molecule has 2 N–H and O–H groups in total. The summed E-state index contributed by atoms with van der Waals surface area (Å²) in [5.41, 5.74) is -0.626. The van der Waals surface area contributed by atoms with Gasteiger partial charge in [0.15, 0.2) is 0 Å². The average molecular weight is 341 g/mol. The number of nitrogens with one attached hydrogen (secondary N) is 2. The zero-order valence-electron chi connectivity index (χ0n) is 13.6. The lowest BCUT2D eigenvalue weighted by Gasteiger charge is -2.36. The van der Waals surface area contributed by atoms with Crippen LogP contribution in [0, 0.1) is 11.6 Å². The average Bonchev–Trinajstić information content (AvgIpc) is 2.53. The lowest BCUT2D eigenvalue weighted by molar-refractivity contribution is -0.0317. The fourth-order valence-electron chi connectivity index (χ4n) is 2.44. The van der Waals surface area contributed by atoms with Crippen molar-refractivity contribution in [3.8, 4) is 0 Å². The van der Waals surface area contributed by atoms with Crippen molar-refractivity contribution in [2.24, 2.45) is 0 Å². The van der Waals surface area contributed by atoms with Crippen LogP contribution in [0.2, 0.25) is 0 Å². The molecule has 1 fully saturated rings. The molecule has 0 saturated carbocycles. The number of nitrogens with zero attached hydrogens (tertiary/aromatic N) is 1. The van der Waals surface area contributed by atoms with Crippen molar-refractivity contribution < 1.29 is 23.1 Å². The molecule has 1 saturated heterocycles. The largest absolute Gasteiger partial charge is 0.375 e. The smallest absolute Gasteiger partial charge is 0.317 e. The van der Waals surface area contributed by atoms with E-state index in [2.05, 4.69) is 10.6 Å². The van der Waals surface area contributed by atoms with E-state index < -0.39 is 23.1 Å². The maximum absolute atomic E-state index is 13.5. The van der Waals surface area contributed by atoms with Crippen LogP contribution in [0.3, 0.4) is 0 Å². The van der Waals surface area contributed by atoms with E-state index in [1.807, 2.05) is 13.8 Å². The fraction of sp³-hybridized carbons (Fsp3) is 0.500. The highest BCUT2D eigenvalue weighted by Gasteiger charge is 2.27. The van der Waals surface area contributed by atoms with Gasteiger partial charge in [0.1, 0.15) is 17.2 Å². The van der Waals surface area contributed by atoms with E-state index in [4.69, 9.17) is 4.74 Å². The molecule has 24 heavy (non-hydrogen) atoms. The van der Waals surface area contributed by atoms with Gasteiger partial charge in [-0.05, 0) is 26.0 Å². The normalized spacial score (nSPS) is 20.6. The van der Waals surface area contributed by atoms with Gasteiger partial charge in [-0.1, -0.05) is 6.07 Å². The van der Waals surface area contributed by atoms with Gasteiger partial charge in [-0.25, -0.2) is 13.6 Å². The van der Waals surface area contributed by atoms with E-state index in [1.54, 1.807) is 4.90 Å². The first-order valence-electron chi connectivity index (χ1n) is 7.78. The van der Waals surface area contributed by atoms with Gasteiger partial charge < -0.3 is 20.3 Å².